The Morgan fingerprint density at radius 1 is 1.13 bits per heavy atom. The van der Waals surface area contributed by atoms with Gasteiger partial charge in [-0.05, 0) is 36.1 Å². The highest BCUT2D eigenvalue weighted by Crippen LogP contribution is 2.22. The number of nitrogens with one attached hydrogen (secondary N) is 1. The molecule has 0 radical (unpaired) electrons. The summed E-state index contributed by atoms with van der Waals surface area (Å²) < 4.78 is 5.00. The first-order chi connectivity index (χ1) is 11.2. The normalized spacial score (nSPS) is 11.9. The van der Waals surface area contributed by atoms with E-state index in [1.54, 1.807) is 19.2 Å². The van der Waals surface area contributed by atoms with Crippen molar-refractivity contribution < 1.29 is 14.6 Å². The predicted molar refractivity (Wildman–Crippen MR) is 90.5 cm³/mol. The van der Waals surface area contributed by atoms with Crippen LogP contribution < -0.4 is 5.32 Å². The van der Waals surface area contributed by atoms with Crippen LogP contribution in [0.4, 0.5) is 0 Å². The number of methoxy groups -OCH3 is 1. The highest BCUT2D eigenvalue weighted by molar-refractivity contribution is 5.84. The van der Waals surface area contributed by atoms with Gasteiger partial charge in [0.05, 0.1) is 5.92 Å². The first-order valence-corrected chi connectivity index (χ1v) is 7.80. The molecule has 1 amide bonds. The summed E-state index contributed by atoms with van der Waals surface area (Å²) in [7, 11) is 1.65. The molecule has 2 N–H and O–H groups in total. The lowest BCUT2D eigenvalue weighted by molar-refractivity contribution is -0.122. The van der Waals surface area contributed by atoms with Gasteiger partial charge >= 0.3 is 0 Å². The average molecular weight is 313 g/mol. The first-order valence-electron chi connectivity index (χ1n) is 7.80. The van der Waals surface area contributed by atoms with Crippen LogP contribution >= 0.6 is 0 Å². The minimum atomic E-state index is -0.247. The van der Waals surface area contributed by atoms with Crippen LogP contribution in [0.2, 0.25) is 0 Å². The fourth-order valence-corrected chi connectivity index (χ4v) is 2.47. The van der Waals surface area contributed by atoms with E-state index in [0.717, 1.165) is 17.5 Å². The molecule has 0 unspecified atom stereocenters. The largest absolute Gasteiger partial charge is 0.508 e. The maximum absolute atomic E-state index is 12.6. The Hall–Kier alpha value is -2.33. The number of phenolic OH excluding ortho intramolecular Hbond substituents is 1. The molecule has 122 valence electrons. The number of amides is 1. The Labute approximate surface area is 137 Å². The molecule has 0 fully saturated rings. The average Bonchev–Trinajstić information content (AvgIpc) is 2.59. The molecule has 0 aliphatic rings. The number of phenols is 1. The van der Waals surface area contributed by atoms with Crippen LogP contribution in [0.25, 0.3) is 0 Å². The van der Waals surface area contributed by atoms with Crippen LogP contribution in [0.1, 0.15) is 23.5 Å². The topological polar surface area (TPSA) is 58.6 Å². The molecule has 0 bridgehead atoms. The summed E-state index contributed by atoms with van der Waals surface area (Å²) in [4.78, 5) is 12.6. The van der Waals surface area contributed by atoms with Crippen LogP contribution in [0.5, 0.6) is 5.75 Å². The second kappa shape index (κ2) is 8.96. The van der Waals surface area contributed by atoms with E-state index in [9.17, 15) is 9.90 Å². The number of ether oxygens (including phenoxy) is 1. The van der Waals surface area contributed by atoms with Gasteiger partial charge in [-0.25, -0.2) is 0 Å². The molecule has 0 aliphatic carbocycles. The summed E-state index contributed by atoms with van der Waals surface area (Å²) >= 11 is 0. The summed E-state index contributed by atoms with van der Waals surface area (Å²) in [5.41, 5.74) is 2.01. The van der Waals surface area contributed by atoms with Crippen LogP contribution in [0.15, 0.2) is 54.6 Å². The Morgan fingerprint density at radius 2 is 1.83 bits per heavy atom. The fourth-order valence-electron chi connectivity index (χ4n) is 2.47. The lowest BCUT2D eigenvalue weighted by atomic mass is 9.91. The third kappa shape index (κ3) is 5.42. The minimum absolute atomic E-state index is 0.0142. The number of benzene rings is 2. The van der Waals surface area contributed by atoms with Crippen LogP contribution in [0.3, 0.4) is 0 Å². The molecular weight excluding hydrogens is 290 g/mol. The van der Waals surface area contributed by atoms with E-state index >= 15 is 0 Å². The highest BCUT2D eigenvalue weighted by atomic mass is 16.5. The van der Waals surface area contributed by atoms with Gasteiger partial charge < -0.3 is 15.2 Å². The third-order valence-electron chi connectivity index (χ3n) is 3.72. The SMILES string of the molecule is COCCCNC(=O)[C@H](Cc1ccc(O)cc1)c1ccccc1. The molecule has 2 aromatic carbocycles. The van der Waals surface area contributed by atoms with Gasteiger partial charge in [0.15, 0.2) is 0 Å². The van der Waals surface area contributed by atoms with E-state index < -0.39 is 0 Å². The van der Waals surface area contributed by atoms with E-state index in [1.807, 2.05) is 42.5 Å². The number of hydrogen-bond acceptors (Lipinski definition) is 3. The van der Waals surface area contributed by atoms with Gasteiger partial charge in [-0.1, -0.05) is 42.5 Å². The van der Waals surface area contributed by atoms with Gasteiger partial charge in [0, 0.05) is 20.3 Å². The van der Waals surface area contributed by atoms with Crippen LogP contribution in [-0.4, -0.2) is 31.3 Å². The number of carbonyl (C=O) groups is 1. The zero-order chi connectivity index (χ0) is 16.5. The van der Waals surface area contributed by atoms with Crippen molar-refractivity contribution in [2.45, 2.75) is 18.8 Å². The third-order valence-corrected chi connectivity index (χ3v) is 3.72. The van der Waals surface area contributed by atoms with Gasteiger partial charge in [-0.2, -0.15) is 0 Å². The van der Waals surface area contributed by atoms with Crippen molar-refractivity contribution in [1.82, 2.24) is 5.32 Å². The highest BCUT2D eigenvalue weighted by Gasteiger charge is 2.20. The molecule has 0 aromatic heterocycles. The van der Waals surface area contributed by atoms with E-state index in [0.29, 0.717) is 19.6 Å². The Balaban J connectivity index is 2.08. The predicted octanol–water partition coefficient (Wildman–Crippen LogP) is 2.87. The van der Waals surface area contributed by atoms with Gasteiger partial charge in [0.2, 0.25) is 5.91 Å². The Morgan fingerprint density at radius 3 is 2.48 bits per heavy atom. The van der Waals surface area contributed by atoms with Crippen molar-refractivity contribution in [3.8, 4) is 5.75 Å². The maximum atomic E-state index is 12.6. The lowest BCUT2D eigenvalue weighted by Crippen LogP contribution is -2.31. The van der Waals surface area contributed by atoms with Gasteiger partial charge in [0.25, 0.3) is 0 Å². The molecule has 0 saturated heterocycles. The van der Waals surface area contributed by atoms with E-state index in [2.05, 4.69) is 5.32 Å². The van der Waals surface area contributed by atoms with E-state index in [1.165, 1.54) is 0 Å². The van der Waals surface area contributed by atoms with Gasteiger partial charge in [-0.3, -0.25) is 4.79 Å². The van der Waals surface area contributed by atoms with E-state index in [4.69, 9.17) is 4.74 Å². The fraction of sp³-hybridized carbons (Fsp3) is 0.316. The second-order valence-corrected chi connectivity index (χ2v) is 5.47. The summed E-state index contributed by atoms with van der Waals surface area (Å²) in [5.74, 6) is -0.00214. The number of aromatic hydroxyl groups is 1. The summed E-state index contributed by atoms with van der Waals surface area (Å²) in [5, 5.41) is 12.4. The zero-order valence-electron chi connectivity index (χ0n) is 13.4. The molecule has 1 atom stereocenters. The number of carbonyl (C=O) groups excluding carboxylic acids is 1. The molecule has 4 nitrogen and oxygen atoms in total. The van der Waals surface area contributed by atoms with Crippen molar-refractivity contribution in [3.05, 3.63) is 65.7 Å². The van der Waals surface area contributed by atoms with Crippen molar-refractivity contribution in [3.63, 3.8) is 0 Å². The van der Waals surface area contributed by atoms with Crippen molar-refractivity contribution >= 4 is 5.91 Å². The summed E-state index contributed by atoms with van der Waals surface area (Å²) in [6, 6.07) is 16.8. The second-order valence-electron chi connectivity index (χ2n) is 5.47. The molecule has 4 heteroatoms. The van der Waals surface area contributed by atoms with Crippen molar-refractivity contribution in [1.29, 1.82) is 0 Å². The zero-order valence-corrected chi connectivity index (χ0v) is 13.4. The first kappa shape index (κ1) is 17.0. The molecule has 0 spiro atoms. The van der Waals surface area contributed by atoms with Crippen molar-refractivity contribution in [2.24, 2.45) is 0 Å². The molecule has 0 saturated carbocycles. The molecule has 23 heavy (non-hydrogen) atoms. The van der Waals surface area contributed by atoms with Crippen LogP contribution in [0, 0.1) is 0 Å². The number of hydrogen-bond donors (Lipinski definition) is 2. The smallest absolute Gasteiger partial charge is 0.227 e. The molecule has 0 heterocycles. The summed E-state index contributed by atoms with van der Waals surface area (Å²) in [6.07, 6.45) is 1.39. The summed E-state index contributed by atoms with van der Waals surface area (Å²) in [6.45, 7) is 1.24. The monoisotopic (exact) mass is 313 g/mol. The number of rotatable bonds is 8. The lowest BCUT2D eigenvalue weighted by Gasteiger charge is -2.17. The van der Waals surface area contributed by atoms with Crippen molar-refractivity contribution in [2.75, 3.05) is 20.3 Å². The standard InChI is InChI=1S/C19H23NO3/c1-23-13-5-12-20-19(22)18(16-6-3-2-4-7-16)14-15-8-10-17(21)11-9-15/h2-4,6-11,18,21H,5,12-14H2,1H3,(H,20,22)/t18-/m1/s1. The quantitative estimate of drug-likeness (QED) is 0.737. The molecular formula is C19H23NO3. The molecule has 2 rings (SSSR count). The van der Waals surface area contributed by atoms with Crippen LogP contribution in [-0.2, 0) is 16.0 Å². The Kier molecular flexibility index (Phi) is 6.63. The minimum Gasteiger partial charge on any atom is -0.508 e. The van der Waals surface area contributed by atoms with E-state index in [-0.39, 0.29) is 17.6 Å². The molecule has 0 aliphatic heterocycles. The molecule has 2 aromatic rings. The maximum Gasteiger partial charge on any atom is 0.227 e. The Bertz CT molecular complexity index is 596. The van der Waals surface area contributed by atoms with Gasteiger partial charge in [0.1, 0.15) is 5.75 Å². The van der Waals surface area contributed by atoms with Gasteiger partial charge in [-0.15, -0.1) is 0 Å².